The minimum atomic E-state index is -0.153. The fourth-order valence-electron chi connectivity index (χ4n) is 7.52. The van der Waals surface area contributed by atoms with Crippen molar-refractivity contribution in [3.63, 3.8) is 0 Å². The van der Waals surface area contributed by atoms with Gasteiger partial charge in [0.1, 0.15) is 17.4 Å². The molecule has 0 aliphatic rings. The molecule has 0 fully saturated rings. The molecule has 0 aromatic heterocycles. The van der Waals surface area contributed by atoms with Crippen LogP contribution in [-0.4, -0.2) is 18.9 Å². The third kappa shape index (κ3) is 42.9. The number of halogens is 2. The highest BCUT2D eigenvalue weighted by Gasteiger charge is 1.98. The van der Waals surface area contributed by atoms with Gasteiger partial charge in [-0.15, -0.1) is 0 Å². The zero-order valence-electron chi connectivity index (χ0n) is 52.4. The van der Waals surface area contributed by atoms with Gasteiger partial charge in [0, 0.05) is 25.2 Å². The largest absolute Gasteiger partial charge is 0.497 e. The van der Waals surface area contributed by atoms with Crippen LogP contribution in [0.4, 0.5) is 20.2 Å². The van der Waals surface area contributed by atoms with Crippen molar-refractivity contribution in [2.24, 2.45) is 5.92 Å². The van der Waals surface area contributed by atoms with E-state index in [0.29, 0.717) is 0 Å². The van der Waals surface area contributed by atoms with Gasteiger partial charge in [0.15, 0.2) is 0 Å². The molecule has 0 aliphatic carbocycles. The Balaban J connectivity index is 0. The van der Waals surface area contributed by atoms with Crippen molar-refractivity contribution in [2.75, 3.05) is 17.7 Å². The molecule has 7 heteroatoms. The summed E-state index contributed by atoms with van der Waals surface area (Å²) in [6, 6.07) is 56.9. The lowest BCUT2D eigenvalue weighted by Crippen LogP contribution is -2.05. The fourth-order valence-corrected chi connectivity index (χ4v) is 7.52. The SMILES string of the molecule is C.CCC(C)C.CCCc1ccc(C)cc1.CCCc1ccc(F)cc1.CCCc1ccc(NC(C)=O)cc1.CCCc1ccc(OC)cc1.CCCc1cccc(F)c1.CCCc1cccc(NC(C)=O)c1.CCCc1ccccc1. The predicted octanol–water partition coefficient (Wildman–Crippen LogP) is 21.7. The first-order valence-corrected chi connectivity index (χ1v) is 29.9. The number of benzene rings is 7. The molecule has 0 spiro atoms. The summed E-state index contributed by atoms with van der Waals surface area (Å²) in [5.74, 6) is 1.49. The summed E-state index contributed by atoms with van der Waals surface area (Å²) in [7, 11) is 1.69. The Bertz CT molecular complexity index is 2530. The molecule has 0 saturated heterocycles. The maximum absolute atomic E-state index is 12.5. The number of aryl methyl sites for hydroxylation is 8. The summed E-state index contributed by atoms with van der Waals surface area (Å²) in [5.41, 5.74) is 12.3. The van der Waals surface area contributed by atoms with Crippen LogP contribution in [-0.2, 0) is 54.5 Å². The number of rotatable bonds is 18. The number of nitrogens with one attached hydrogen (secondary N) is 2. The molecule has 0 unspecified atom stereocenters. The van der Waals surface area contributed by atoms with Crippen molar-refractivity contribution in [1.29, 1.82) is 0 Å². The van der Waals surface area contributed by atoms with Gasteiger partial charge < -0.3 is 15.4 Å². The zero-order chi connectivity index (χ0) is 60.5. The van der Waals surface area contributed by atoms with E-state index in [2.05, 4.69) is 172 Å². The van der Waals surface area contributed by atoms with Crippen molar-refractivity contribution in [1.82, 2.24) is 0 Å². The first-order valence-electron chi connectivity index (χ1n) is 29.9. The van der Waals surface area contributed by atoms with Crippen molar-refractivity contribution >= 4 is 23.2 Å². The van der Waals surface area contributed by atoms with Crippen LogP contribution in [0.25, 0.3) is 0 Å². The number of carbonyl (C=O) groups excluding carboxylic acids is 2. The molecule has 7 rings (SSSR count). The smallest absolute Gasteiger partial charge is 0.221 e. The number of hydrogen-bond donors (Lipinski definition) is 2. The van der Waals surface area contributed by atoms with Gasteiger partial charge in [-0.3, -0.25) is 9.59 Å². The third-order valence-electron chi connectivity index (χ3n) is 12.0. The lowest BCUT2D eigenvalue weighted by molar-refractivity contribution is -0.115. The van der Waals surface area contributed by atoms with Crippen LogP contribution in [0.1, 0.15) is 186 Å². The highest BCUT2D eigenvalue weighted by molar-refractivity contribution is 5.89. The van der Waals surface area contributed by atoms with E-state index in [1.165, 1.54) is 110 Å². The number of methoxy groups -OCH3 is 1. The van der Waals surface area contributed by atoms with Crippen LogP contribution in [0, 0.1) is 24.5 Å². The van der Waals surface area contributed by atoms with Crippen LogP contribution < -0.4 is 15.4 Å². The van der Waals surface area contributed by atoms with Crippen molar-refractivity contribution in [2.45, 2.75) is 194 Å². The summed E-state index contributed by atoms with van der Waals surface area (Å²) in [4.78, 5) is 21.5. The molecule has 0 atom stereocenters. The minimum absolute atomic E-state index is 0. The van der Waals surface area contributed by atoms with Crippen LogP contribution in [0.15, 0.2) is 176 Å². The lowest BCUT2D eigenvalue weighted by Gasteiger charge is -2.04. The van der Waals surface area contributed by atoms with Crippen LogP contribution in [0.3, 0.4) is 0 Å². The molecular formula is C75H108F2N2O3. The highest BCUT2D eigenvalue weighted by atomic mass is 19.1. The Hall–Kier alpha value is -6.86. The molecule has 7 aromatic carbocycles. The van der Waals surface area contributed by atoms with E-state index < -0.39 is 0 Å². The first kappa shape index (κ1) is 77.2. The summed E-state index contributed by atoms with van der Waals surface area (Å²) in [6.07, 6.45) is 17.2. The van der Waals surface area contributed by atoms with Gasteiger partial charge in [-0.05, 0) is 157 Å². The molecule has 82 heavy (non-hydrogen) atoms. The Morgan fingerprint density at radius 2 is 0.732 bits per heavy atom. The summed E-state index contributed by atoms with van der Waals surface area (Å²) in [5, 5.41) is 5.50. The summed E-state index contributed by atoms with van der Waals surface area (Å²) in [6.45, 7) is 26.9. The van der Waals surface area contributed by atoms with E-state index in [9.17, 15) is 18.4 Å². The number of hydrogen-bond acceptors (Lipinski definition) is 3. The topological polar surface area (TPSA) is 67.4 Å². The predicted molar refractivity (Wildman–Crippen MR) is 355 cm³/mol. The molecule has 0 radical (unpaired) electrons. The number of carbonyl (C=O) groups is 2. The molecule has 2 N–H and O–H groups in total. The van der Waals surface area contributed by atoms with E-state index in [1.54, 1.807) is 19.2 Å². The van der Waals surface area contributed by atoms with Gasteiger partial charge in [0.05, 0.1) is 7.11 Å². The van der Waals surface area contributed by atoms with Gasteiger partial charge in [0.25, 0.3) is 0 Å². The Morgan fingerprint density at radius 1 is 0.402 bits per heavy atom. The second-order valence-corrected chi connectivity index (χ2v) is 20.4. The van der Waals surface area contributed by atoms with Crippen LogP contribution >= 0.6 is 0 Å². The molecule has 5 nitrogen and oxygen atoms in total. The standard InChI is InChI=1S/2C11H15NO.C10H14O.C10H14.2C9H11F.C9H12.C5H12.CH4/c1-3-5-10-6-4-7-11(8-10)12-9(2)13;1-3-4-10-5-7-11(8-6-10)12-9(2)13;1-3-4-9-5-7-10(11-2)8-6-9;1-3-4-10-7-5-9(2)6-8-10;1-2-4-8-5-3-6-9(10)7-8;1-2-3-8-4-6-9(10)7-5-8;1-2-6-9-7-4-3-5-8-9;1-4-5(2)3;/h4,6-8H,3,5H2,1-2H3,(H,12,13);5-8H,3-4H2,1-2H3,(H,12,13);5-8H,3-4H2,1-2H3;5-8H,3-4H2,1-2H3;3,5-7H,2,4H2,1H3;4-7H,2-3H2,1H3;3-5,7-8H,2,6H2,1H3;5H,4H2,1-3H3;1H4. The minimum Gasteiger partial charge on any atom is -0.497 e. The molecular weight excluding hydrogens is 1010 g/mol. The van der Waals surface area contributed by atoms with Crippen molar-refractivity contribution in [3.8, 4) is 5.75 Å². The van der Waals surface area contributed by atoms with Crippen molar-refractivity contribution < 1.29 is 23.1 Å². The molecule has 0 bridgehead atoms. The Kier molecular flexibility index (Phi) is 48.1. The number of amides is 2. The van der Waals surface area contributed by atoms with Gasteiger partial charge in [-0.2, -0.15) is 0 Å². The van der Waals surface area contributed by atoms with E-state index in [1.807, 2.05) is 60.7 Å². The summed E-state index contributed by atoms with van der Waals surface area (Å²) >= 11 is 0. The number of ether oxygens (including phenoxy) is 1. The average molecular weight is 1120 g/mol. The molecule has 450 valence electrons. The molecule has 0 saturated carbocycles. The first-order chi connectivity index (χ1) is 39.0. The monoisotopic (exact) mass is 1120 g/mol. The van der Waals surface area contributed by atoms with E-state index >= 15 is 0 Å². The maximum atomic E-state index is 12.5. The Morgan fingerprint density at radius 3 is 1.11 bits per heavy atom. The molecule has 0 aliphatic heterocycles. The lowest BCUT2D eigenvalue weighted by atomic mass is 10.1. The molecule has 7 aromatic rings. The second-order valence-electron chi connectivity index (χ2n) is 20.4. The molecule has 0 heterocycles. The van der Waals surface area contributed by atoms with E-state index in [-0.39, 0.29) is 30.9 Å². The van der Waals surface area contributed by atoms with Gasteiger partial charge in [-0.1, -0.05) is 249 Å². The Labute approximate surface area is 499 Å². The van der Waals surface area contributed by atoms with Gasteiger partial charge in [0.2, 0.25) is 11.8 Å². The highest BCUT2D eigenvalue weighted by Crippen LogP contribution is 2.14. The average Bonchev–Trinajstić information content (AvgIpc) is 3.45. The zero-order valence-corrected chi connectivity index (χ0v) is 52.4. The number of anilines is 2. The van der Waals surface area contributed by atoms with Crippen molar-refractivity contribution in [3.05, 3.63) is 232 Å². The maximum Gasteiger partial charge on any atom is 0.221 e. The van der Waals surface area contributed by atoms with Crippen LogP contribution in [0.5, 0.6) is 5.75 Å². The van der Waals surface area contributed by atoms with Gasteiger partial charge in [-0.25, -0.2) is 8.78 Å². The quantitative estimate of drug-likeness (QED) is 0.0900. The fraction of sp³-hybridized carbons (Fsp3) is 0.413. The van der Waals surface area contributed by atoms with Crippen LogP contribution in [0.2, 0.25) is 0 Å². The normalized spacial score (nSPS) is 9.57. The van der Waals surface area contributed by atoms with Gasteiger partial charge >= 0.3 is 0 Å². The summed E-state index contributed by atoms with van der Waals surface area (Å²) < 4.78 is 29.9. The third-order valence-corrected chi connectivity index (χ3v) is 12.0. The molecule has 2 amide bonds. The van der Waals surface area contributed by atoms with E-state index in [4.69, 9.17) is 4.74 Å². The van der Waals surface area contributed by atoms with E-state index in [0.717, 1.165) is 86.4 Å². The second kappa shape index (κ2) is 51.1.